The van der Waals surface area contributed by atoms with Gasteiger partial charge in [-0.25, -0.2) is 4.68 Å². The van der Waals surface area contributed by atoms with Crippen molar-refractivity contribution in [1.29, 1.82) is 0 Å². The van der Waals surface area contributed by atoms with Crippen molar-refractivity contribution < 1.29 is 18.7 Å². The van der Waals surface area contributed by atoms with E-state index < -0.39 is 6.55 Å². The Kier molecular flexibility index (Phi) is 6.28. The summed E-state index contributed by atoms with van der Waals surface area (Å²) in [6.45, 7) is 5.31. The van der Waals surface area contributed by atoms with E-state index in [9.17, 15) is 18.7 Å². The number of nitrogens with zero attached hydrogens (tertiary/aromatic N) is 4. The van der Waals surface area contributed by atoms with Gasteiger partial charge in [0.2, 0.25) is 5.91 Å². The number of aryl methyl sites for hydroxylation is 1. The maximum atomic E-state index is 12.9. The summed E-state index contributed by atoms with van der Waals surface area (Å²) in [5, 5.41) is 13.2. The Morgan fingerprint density at radius 3 is 2.33 bits per heavy atom. The van der Waals surface area contributed by atoms with Crippen LogP contribution in [0.4, 0.5) is 8.78 Å². The number of carbonyl (C=O) groups excluding carboxylic acids is 1. The van der Waals surface area contributed by atoms with Crippen molar-refractivity contribution in [3.05, 3.63) is 17.0 Å². The fourth-order valence-corrected chi connectivity index (χ4v) is 3.25. The van der Waals surface area contributed by atoms with Crippen molar-refractivity contribution in [3.63, 3.8) is 0 Å². The molecule has 1 aromatic rings. The number of carbonyl (C=O) groups is 1. The van der Waals surface area contributed by atoms with Gasteiger partial charge in [0.15, 0.2) is 0 Å². The number of halogens is 2. The number of aliphatic hydroxyl groups excluding tert-OH is 1. The van der Waals surface area contributed by atoms with Crippen LogP contribution in [0.3, 0.4) is 0 Å². The normalized spacial score (nSPS) is 17.5. The molecule has 1 N–H and O–H groups in total. The molecule has 0 aromatic carbocycles. The summed E-state index contributed by atoms with van der Waals surface area (Å²) in [6.07, 6.45) is 0.969. The SMILES string of the molecule is CCC(CO)N1CCN(C(=O)Cc2c(C)nn(C(F)F)c2C)CC1. The average Bonchev–Trinajstić information content (AvgIpc) is 2.85. The highest BCUT2D eigenvalue weighted by Gasteiger charge is 2.26. The molecule has 2 rings (SSSR count). The molecule has 0 saturated carbocycles. The van der Waals surface area contributed by atoms with E-state index in [2.05, 4.69) is 10.00 Å². The average molecular weight is 344 g/mol. The van der Waals surface area contributed by atoms with Crippen molar-refractivity contribution in [3.8, 4) is 0 Å². The van der Waals surface area contributed by atoms with Gasteiger partial charge < -0.3 is 10.0 Å². The quantitative estimate of drug-likeness (QED) is 0.846. The molecule has 6 nitrogen and oxygen atoms in total. The Hall–Kier alpha value is -1.54. The first-order valence-corrected chi connectivity index (χ1v) is 8.34. The molecule has 1 aromatic heterocycles. The Morgan fingerprint density at radius 1 is 1.25 bits per heavy atom. The minimum Gasteiger partial charge on any atom is -0.395 e. The highest BCUT2D eigenvalue weighted by Crippen LogP contribution is 2.20. The van der Waals surface area contributed by atoms with Crippen molar-refractivity contribution in [2.75, 3.05) is 32.8 Å². The van der Waals surface area contributed by atoms with Crippen LogP contribution in [0.1, 0.15) is 36.8 Å². The zero-order chi connectivity index (χ0) is 17.9. The summed E-state index contributed by atoms with van der Waals surface area (Å²) in [6, 6.07) is 0.135. The predicted octanol–water partition coefficient (Wildman–Crippen LogP) is 1.35. The minimum absolute atomic E-state index is 0.0632. The molecule has 0 spiro atoms. The molecule has 1 atom stereocenters. The van der Waals surface area contributed by atoms with Gasteiger partial charge in [0.25, 0.3) is 0 Å². The van der Waals surface area contributed by atoms with E-state index in [1.165, 1.54) is 0 Å². The summed E-state index contributed by atoms with van der Waals surface area (Å²) in [5.74, 6) is -0.0632. The van der Waals surface area contributed by atoms with Gasteiger partial charge in [-0.1, -0.05) is 6.92 Å². The van der Waals surface area contributed by atoms with Crippen LogP contribution in [-0.4, -0.2) is 69.4 Å². The van der Waals surface area contributed by atoms with Gasteiger partial charge in [-0.05, 0) is 20.3 Å². The molecule has 0 bridgehead atoms. The molecule has 1 aliphatic heterocycles. The van der Waals surface area contributed by atoms with E-state index in [1.807, 2.05) is 6.92 Å². The molecular weight excluding hydrogens is 318 g/mol. The number of hydrogen-bond acceptors (Lipinski definition) is 4. The van der Waals surface area contributed by atoms with Crippen LogP contribution in [0.25, 0.3) is 0 Å². The van der Waals surface area contributed by atoms with Gasteiger partial charge in [0.1, 0.15) is 0 Å². The summed E-state index contributed by atoms with van der Waals surface area (Å²) in [5.41, 5.74) is 1.41. The number of alkyl halides is 2. The van der Waals surface area contributed by atoms with Gasteiger partial charge in [-0.2, -0.15) is 13.9 Å². The molecule has 1 aliphatic rings. The molecule has 1 saturated heterocycles. The first-order chi connectivity index (χ1) is 11.4. The molecule has 1 fully saturated rings. The van der Waals surface area contributed by atoms with Crippen LogP contribution >= 0.6 is 0 Å². The molecule has 1 unspecified atom stereocenters. The molecule has 1 amide bonds. The Balaban J connectivity index is 1.97. The smallest absolute Gasteiger partial charge is 0.333 e. The minimum atomic E-state index is -2.69. The van der Waals surface area contributed by atoms with Gasteiger partial charge in [0, 0.05) is 43.5 Å². The molecule has 24 heavy (non-hydrogen) atoms. The largest absolute Gasteiger partial charge is 0.395 e. The van der Waals surface area contributed by atoms with Gasteiger partial charge in [0.05, 0.1) is 18.7 Å². The van der Waals surface area contributed by atoms with E-state index in [1.54, 1.807) is 18.7 Å². The van der Waals surface area contributed by atoms with Crippen molar-refractivity contribution >= 4 is 5.91 Å². The van der Waals surface area contributed by atoms with Gasteiger partial charge in [-0.3, -0.25) is 9.69 Å². The maximum absolute atomic E-state index is 12.9. The number of piperazine rings is 1. The molecule has 0 aliphatic carbocycles. The monoisotopic (exact) mass is 344 g/mol. The van der Waals surface area contributed by atoms with Crippen LogP contribution in [0.15, 0.2) is 0 Å². The lowest BCUT2D eigenvalue weighted by molar-refractivity contribution is -0.132. The van der Waals surface area contributed by atoms with Crippen LogP contribution in [-0.2, 0) is 11.2 Å². The highest BCUT2D eigenvalue weighted by molar-refractivity contribution is 5.79. The van der Waals surface area contributed by atoms with Crippen LogP contribution < -0.4 is 0 Å². The first-order valence-electron chi connectivity index (χ1n) is 8.34. The van der Waals surface area contributed by atoms with Crippen molar-refractivity contribution in [1.82, 2.24) is 19.6 Å². The van der Waals surface area contributed by atoms with E-state index in [4.69, 9.17) is 0 Å². The topological polar surface area (TPSA) is 61.6 Å². The third kappa shape index (κ3) is 3.92. The zero-order valence-corrected chi connectivity index (χ0v) is 14.5. The number of aliphatic hydroxyl groups is 1. The second-order valence-corrected chi connectivity index (χ2v) is 6.21. The second-order valence-electron chi connectivity index (χ2n) is 6.21. The number of amides is 1. The number of rotatable bonds is 6. The predicted molar refractivity (Wildman–Crippen MR) is 86.0 cm³/mol. The molecule has 8 heteroatoms. The Bertz CT molecular complexity index is 565. The fourth-order valence-electron chi connectivity index (χ4n) is 3.25. The molecule has 0 radical (unpaired) electrons. The number of hydrogen-bond donors (Lipinski definition) is 1. The van der Waals surface area contributed by atoms with E-state index in [0.717, 1.165) is 19.5 Å². The first kappa shape index (κ1) is 18.8. The lowest BCUT2D eigenvalue weighted by Crippen LogP contribution is -2.53. The summed E-state index contributed by atoms with van der Waals surface area (Å²) in [4.78, 5) is 16.5. The molecule has 2 heterocycles. The second kappa shape index (κ2) is 8.02. The standard InChI is InChI=1S/C16H26F2N4O2/c1-4-13(10-23)20-5-7-21(8-6-20)15(24)9-14-11(2)19-22(12(14)3)16(17)18/h13,16,23H,4-10H2,1-3H3. The van der Waals surface area contributed by atoms with Gasteiger partial charge >= 0.3 is 6.55 Å². The zero-order valence-electron chi connectivity index (χ0n) is 14.5. The molecule has 136 valence electrons. The Labute approximate surface area is 141 Å². The summed E-state index contributed by atoms with van der Waals surface area (Å²) in [7, 11) is 0. The highest BCUT2D eigenvalue weighted by atomic mass is 19.3. The Morgan fingerprint density at radius 2 is 1.88 bits per heavy atom. The van der Waals surface area contributed by atoms with Crippen LogP contribution in [0, 0.1) is 13.8 Å². The van der Waals surface area contributed by atoms with Crippen LogP contribution in [0.5, 0.6) is 0 Å². The third-order valence-electron chi connectivity index (χ3n) is 4.85. The third-order valence-corrected chi connectivity index (χ3v) is 4.85. The van der Waals surface area contributed by atoms with E-state index >= 15 is 0 Å². The molecular formula is C16H26F2N4O2. The maximum Gasteiger partial charge on any atom is 0.333 e. The van der Waals surface area contributed by atoms with Gasteiger partial charge in [-0.15, -0.1) is 0 Å². The number of aromatic nitrogens is 2. The van der Waals surface area contributed by atoms with E-state index in [0.29, 0.717) is 34.7 Å². The lowest BCUT2D eigenvalue weighted by atomic mass is 10.1. The van der Waals surface area contributed by atoms with Crippen LogP contribution in [0.2, 0.25) is 0 Å². The van der Waals surface area contributed by atoms with E-state index in [-0.39, 0.29) is 25.0 Å². The van der Waals surface area contributed by atoms with Crippen molar-refractivity contribution in [2.45, 2.75) is 46.2 Å². The fraction of sp³-hybridized carbons (Fsp3) is 0.750. The summed E-state index contributed by atoms with van der Waals surface area (Å²) >= 11 is 0. The van der Waals surface area contributed by atoms with Crippen molar-refractivity contribution in [2.24, 2.45) is 0 Å². The summed E-state index contributed by atoms with van der Waals surface area (Å²) < 4.78 is 26.4. The lowest BCUT2D eigenvalue weighted by Gasteiger charge is -2.38.